The Labute approximate surface area is 118 Å². The number of aryl methyl sites for hydroxylation is 1. The first-order valence-electron chi connectivity index (χ1n) is 6.53. The molecule has 1 heterocycles. The largest absolute Gasteiger partial charge is 0.392 e. The van der Waals surface area contributed by atoms with Crippen molar-refractivity contribution in [1.82, 2.24) is 15.2 Å². The molecule has 0 fully saturated rings. The first kappa shape index (κ1) is 15.9. The number of aromatic nitrogens is 1. The molecule has 0 aromatic carbocycles. The Kier molecular flexibility index (Phi) is 6.24. The Morgan fingerprint density at radius 3 is 2.68 bits per heavy atom. The Hall–Kier alpha value is -1.14. The molecule has 1 unspecified atom stereocenters. The molecule has 0 radical (unpaired) electrons. The number of carbonyl (C=O) groups excluding carboxylic acids is 1. The number of aliphatic hydroxyl groups is 1. The maximum absolute atomic E-state index is 12.0. The van der Waals surface area contributed by atoms with Crippen LogP contribution < -0.4 is 5.32 Å². The number of nitrogens with one attached hydrogen (secondary N) is 1. The molecule has 1 atom stereocenters. The van der Waals surface area contributed by atoms with Gasteiger partial charge in [0.05, 0.1) is 16.8 Å². The minimum atomic E-state index is -0.519. The normalized spacial score (nSPS) is 12.5. The van der Waals surface area contributed by atoms with Crippen molar-refractivity contribution in [2.75, 3.05) is 13.1 Å². The summed E-state index contributed by atoms with van der Waals surface area (Å²) in [6, 6.07) is -0.0704. The predicted octanol–water partition coefficient (Wildman–Crippen LogP) is 1.79. The SMILES string of the molecule is Cc1nc(CCNC(=O)N(CC(C)O)C(C)C)cs1. The van der Waals surface area contributed by atoms with Gasteiger partial charge in [-0.15, -0.1) is 11.3 Å². The monoisotopic (exact) mass is 285 g/mol. The highest BCUT2D eigenvalue weighted by atomic mass is 32.1. The summed E-state index contributed by atoms with van der Waals surface area (Å²) in [5.74, 6) is 0. The third kappa shape index (κ3) is 5.57. The van der Waals surface area contributed by atoms with Crippen molar-refractivity contribution >= 4 is 17.4 Å². The van der Waals surface area contributed by atoms with Gasteiger partial charge in [0.1, 0.15) is 0 Å². The lowest BCUT2D eigenvalue weighted by molar-refractivity contribution is 0.119. The van der Waals surface area contributed by atoms with Crippen LogP contribution in [0.2, 0.25) is 0 Å². The van der Waals surface area contributed by atoms with Gasteiger partial charge in [-0.25, -0.2) is 9.78 Å². The quantitative estimate of drug-likeness (QED) is 0.837. The van der Waals surface area contributed by atoms with Crippen molar-refractivity contribution in [1.29, 1.82) is 0 Å². The van der Waals surface area contributed by atoms with E-state index in [1.807, 2.05) is 26.2 Å². The zero-order chi connectivity index (χ0) is 14.4. The zero-order valence-electron chi connectivity index (χ0n) is 12.0. The van der Waals surface area contributed by atoms with Crippen LogP contribution in [-0.4, -0.2) is 46.3 Å². The fraction of sp³-hybridized carbons (Fsp3) is 0.692. The molecule has 1 rings (SSSR count). The van der Waals surface area contributed by atoms with E-state index in [1.54, 1.807) is 23.2 Å². The molecule has 0 saturated heterocycles. The van der Waals surface area contributed by atoms with Crippen LogP contribution in [0.5, 0.6) is 0 Å². The van der Waals surface area contributed by atoms with Crippen molar-refractivity contribution in [2.45, 2.75) is 46.3 Å². The Bertz CT molecular complexity index is 404. The summed E-state index contributed by atoms with van der Waals surface area (Å²) in [7, 11) is 0. The van der Waals surface area contributed by atoms with Crippen molar-refractivity contribution < 1.29 is 9.90 Å². The number of rotatable bonds is 6. The molecule has 0 bridgehead atoms. The molecule has 1 aromatic heterocycles. The fourth-order valence-electron chi connectivity index (χ4n) is 1.74. The van der Waals surface area contributed by atoms with E-state index in [1.165, 1.54) is 0 Å². The fourth-order valence-corrected chi connectivity index (χ4v) is 2.38. The number of nitrogens with zero attached hydrogens (tertiary/aromatic N) is 2. The number of carbonyl (C=O) groups is 1. The van der Waals surface area contributed by atoms with Crippen LogP contribution in [0.3, 0.4) is 0 Å². The lowest BCUT2D eigenvalue weighted by atomic mass is 10.3. The number of urea groups is 1. The molecule has 2 amide bonds. The van der Waals surface area contributed by atoms with Gasteiger partial charge in [0.25, 0.3) is 0 Å². The topological polar surface area (TPSA) is 65.5 Å². The summed E-state index contributed by atoms with van der Waals surface area (Å²) in [6.45, 7) is 8.43. The first-order chi connectivity index (χ1) is 8.90. The molecule has 19 heavy (non-hydrogen) atoms. The molecule has 6 heteroatoms. The summed E-state index contributed by atoms with van der Waals surface area (Å²) in [5, 5.41) is 15.3. The summed E-state index contributed by atoms with van der Waals surface area (Å²) in [4.78, 5) is 18.0. The van der Waals surface area contributed by atoms with Crippen LogP contribution in [0.4, 0.5) is 4.79 Å². The molecule has 1 aromatic rings. The summed E-state index contributed by atoms with van der Waals surface area (Å²) >= 11 is 1.62. The van der Waals surface area contributed by atoms with E-state index in [2.05, 4.69) is 10.3 Å². The molecule has 5 nitrogen and oxygen atoms in total. The van der Waals surface area contributed by atoms with Crippen molar-refractivity contribution in [3.8, 4) is 0 Å². The second-order valence-electron chi connectivity index (χ2n) is 4.93. The number of hydrogen-bond donors (Lipinski definition) is 2. The lowest BCUT2D eigenvalue weighted by Crippen LogP contribution is -2.47. The van der Waals surface area contributed by atoms with Crippen molar-refractivity contribution in [3.05, 3.63) is 16.1 Å². The molecular weight excluding hydrogens is 262 g/mol. The van der Waals surface area contributed by atoms with Gasteiger partial charge in [-0.05, 0) is 27.7 Å². The van der Waals surface area contributed by atoms with Gasteiger partial charge in [-0.1, -0.05) is 0 Å². The lowest BCUT2D eigenvalue weighted by Gasteiger charge is -2.28. The van der Waals surface area contributed by atoms with Gasteiger partial charge >= 0.3 is 6.03 Å². The molecular formula is C13H23N3O2S. The molecule has 108 valence electrons. The van der Waals surface area contributed by atoms with Crippen molar-refractivity contribution in [3.63, 3.8) is 0 Å². The third-order valence-electron chi connectivity index (χ3n) is 2.67. The highest BCUT2D eigenvalue weighted by Gasteiger charge is 2.18. The van der Waals surface area contributed by atoms with Crippen LogP contribution in [0.1, 0.15) is 31.5 Å². The van der Waals surface area contributed by atoms with E-state index < -0.39 is 6.10 Å². The maximum atomic E-state index is 12.0. The summed E-state index contributed by atoms with van der Waals surface area (Å²) in [6.07, 6.45) is 0.214. The number of hydrogen-bond acceptors (Lipinski definition) is 4. The average molecular weight is 285 g/mol. The average Bonchev–Trinajstić information content (AvgIpc) is 2.71. The molecule has 2 N–H and O–H groups in total. The highest BCUT2D eigenvalue weighted by Crippen LogP contribution is 2.08. The number of amides is 2. The van der Waals surface area contributed by atoms with Gasteiger partial charge in [0, 0.05) is 30.9 Å². The van der Waals surface area contributed by atoms with Gasteiger partial charge in [-0.3, -0.25) is 0 Å². The third-order valence-corrected chi connectivity index (χ3v) is 3.49. The second kappa shape index (κ2) is 7.45. The van der Waals surface area contributed by atoms with Gasteiger partial charge in [0.15, 0.2) is 0 Å². The Morgan fingerprint density at radius 1 is 1.53 bits per heavy atom. The standard InChI is InChI=1S/C13H23N3O2S/c1-9(2)16(7-10(3)17)13(18)14-6-5-12-8-19-11(4)15-12/h8-10,17H,5-7H2,1-4H3,(H,14,18). The molecule has 0 aliphatic rings. The van der Waals surface area contributed by atoms with Crippen LogP contribution in [0, 0.1) is 6.92 Å². The van der Waals surface area contributed by atoms with Crippen LogP contribution in [0.15, 0.2) is 5.38 Å². The minimum Gasteiger partial charge on any atom is -0.392 e. The maximum Gasteiger partial charge on any atom is 0.317 e. The minimum absolute atomic E-state index is 0.0658. The summed E-state index contributed by atoms with van der Waals surface area (Å²) < 4.78 is 0. The van der Waals surface area contributed by atoms with E-state index in [4.69, 9.17) is 0 Å². The number of thiazole rings is 1. The van der Waals surface area contributed by atoms with Gasteiger partial charge < -0.3 is 15.3 Å². The van der Waals surface area contributed by atoms with Crippen LogP contribution in [0.25, 0.3) is 0 Å². The molecule has 0 aliphatic carbocycles. The highest BCUT2D eigenvalue weighted by molar-refractivity contribution is 7.09. The predicted molar refractivity (Wildman–Crippen MR) is 77.5 cm³/mol. The summed E-state index contributed by atoms with van der Waals surface area (Å²) in [5.41, 5.74) is 1.01. The Balaban J connectivity index is 2.39. The molecule has 0 spiro atoms. The van der Waals surface area contributed by atoms with E-state index in [-0.39, 0.29) is 12.1 Å². The second-order valence-corrected chi connectivity index (χ2v) is 6.00. The van der Waals surface area contributed by atoms with Gasteiger partial charge in [-0.2, -0.15) is 0 Å². The van der Waals surface area contributed by atoms with E-state index in [0.29, 0.717) is 13.1 Å². The number of aliphatic hydroxyl groups excluding tert-OH is 1. The first-order valence-corrected chi connectivity index (χ1v) is 7.41. The molecule has 0 saturated carbocycles. The van der Waals surface area contributed by atoms with E-state index in [0.717, 1.165) is 17.1 Å². The van der Waals surface area contributed by atoms with Crippen LogP contribution >= 0.6 is 11.3 Å². The van der Waals surface area contributed by atoms with Gasteiger partial charge in [0.2, 0.25) is 0 Å². The zero-order valence-corrected chi connectivity index (χ0v) is 12.8. The smallest absolute Gasteiger partial charge is 0.317 e. The van der Waals surface area contributed by atoms with Crippen molar-refractivity contribution in [2.24, 2.45) is 0 Å². The van der Waals surface area contributed by atoms with E-state index >= 15 is 0 Å². The molecule has 0 aliphatic heterocycles. The van der Waals surface area contributed by atoms with Crippen LogP contribution in [-0.2, 0) is 6.42 Å². The Morgan fingerprint density at radius 2 is 2.21 bits per heavy atom. The van der Waals surface area contributed by atoms with E-state index in [9.17, 15) is 9.90 Å².